The molecule has 182 valence electrons. The van der Waals surface area contributed by atoms with Crippen molar-refractivity contribution in [3.63, 3.8) is 0 Å². The number of carbonyl (C=O) groups excluding carboxylic acids is 3. The lowest BCUT2D eigenvalue weighted by Crippen LogP contribution is -2.29. The average Bonchev–Trinajstić information content (AvgIpc) is 3.11. The molecular weight excluding hydrogens is 464 g/mol. The number of anilines is 1. The molecular formula is C27H22N2O7. The molecule has 0 aliphatic carbocycles. The lowest BCUT2D eigenvalue weighted by molar-refractivity contribution is -0.384. The molecule has 1 atom stereocenters. The van der Waals surface area contributed by atoms with Gasteiger partial charge in [-0.2, -0.15) is 0 Å². The van der Waals surface area contributed by atoms with Gasteiger partial charge >= 0.3 is 5.97 Å². The van der Waals surface area contributed by atoms with Gasteiger partial charge in [-0.05, 0) is 66.9 Å². The summed E-state index contributed by atoms with van der Waals surface area (Å²) in [5.74, 6) is -2.38. The van der Waals surface area contributed by atoms with Gasteiger partial charge in [0.05, 0.1) is 16.5 Å². The van der Waals surface area contributed by atoms with Crippen molar-refractivity contribution in [3.8, 4) is 5.75 Å². The van der Waals surface area contributed by atoms with Crippen LogP contribution in [-0.4, -0.2) is 27.7 Å². The molecule has 1 N–H and O–H groups in total. The normalized spacial score (nSPS) is 16.8. The number of Topliss-reactive ketones (excluding diaryl/α,β-unsaturated/α-hetero) is 1. The molecule has 36 heavy (non-hydrogen) atoms. The lowest BCUT2D eigenvalue weighted by atomic mass is 9.95. The Morgan fingerprint density at radius 2 is 1.61 bits per heavy atom. The van der Waals surface area contributed by atoms with Crippen molar-refractivity contribution in [2.75, 3.05) is 4.90 Å². The van der Waals surface area contributed by atoms with Gasteiger partial charge in [-0.25, -0.2) is 0 Å². The van der Waals surface area contributed by atoms with Crippen LogP contribution in [0.4, 0.5) is 11.4 Å². The van der Waals surface area contributed by atoms with Gasteiger partial charge in [-0.1, -0.05) is 18.2 Å². The van der Waals surface area contributed by atoms with Crippen LogP contribution in [0.15, 0.2) is 72.3 Å². The summed E-state index contributed by atoms with van der Waals surface area (Å²) in [6, 6.07) is 15.7. The highest BCUT2D eigenvalue weighted by molar-refractivity contribution is 6.51. The van der Waals surface area contributed by atoms with E-state index in [1.165, 1.54) is 48.2 Å². The van der Waals surface area contributed by atoms with E-state index >= 15 is 0 Å². The highest BCUT2D eigenvalue weighted by Gasteiger charge is 2.47. The zero-order valence-corrected chi connectivity index (χ0v) is 19.7. The molecule has 1 amide bonds. The van der Waals surface area contributed by atoms with Crippen molar-refractivity contribution >= 4 is 34.8 Å². The molecule has 0 saturated carbocycles. The monoisotopic (exact) mass is 486 g/mol. The van der Waals surface area contributed by atoms with Crippen LogP contribution in [0.2, 0.25) is 0 Å². The summed E-state index contributed by atoms with van der Waals surface area (Å²) in [6.07, 6.45) is 0. The number of benzene rings is 3. The van der Waals surface area contributed by atoms with Gasteiger partial charge in [0.15, 0.2) is 0 Å². The average molecular weight is 486 g/mol. The number of carbonyl (C=O) groups is 3. The number of aliphatic hydroxyl groups excluding tert-OH is 1. The molecule has 3 aromatic rings. The fourth-order valence-electron chi connectivity index (χ4n) is 4.07. The Bertz CT molecular complexity index is 1420. The second-order valence-corrected chi connectivity index (χ2v) is 8.40. The fourth-order valence-corrected chi connectivity index (χ4v) is 4.07. The van der Waals surface area contributed by atoms with Crippen LogP contribution in [0.25, 0.3) is 5.76 Å². The van der Waals surface area contributed by atoms with Crippen LogP contribution in [-0.2, 0) is 14.4 Å². The highest BCUT2D eigenvalue weighted by atomic mass is 16.6. The molecule has 1 fully saturated rings. The Labute approximate surface area is 206 Å². The Morgan fingerprint density at radius 1 is 0.972 bits per heavy atom. The maximum Gasteiger partial charge on any atom is 0.308 e. The largest absolute Gasteiger partial charge is 0.507 e. The number of hydrogen-bond acceptors (Lipinski definition) is 7. The van der Waals surface area contributed by atoms with E-state index in [2.05, 4.69) is 0 Å². The second kappa shape index (κ2) is 9.46. The predicted molar refractivity (Wildman–Crippen MR) is 132 cm³/mol. The molecule has 1 unspecified atom stereocenters. The minimum atomic E-state index is -0.992. The minimum Gasteiger partial charge on any atom is -0.507 e. The van der Waals surface area contributed by atoms with Gasteiger partial charge < -0.3 is 9.84 Å². The standard InChI is InChI=1S/C27H22N2O7/c1-15-4-9-21(14-16(15)2)28-24(18-7-12-22(13-8-18)36-17(3)30)23(26(32)27(28)33)25(31)19-5-10-20(11-6-19)29(34)35/h4-14,24,31H,1-3H3/b25-23+. The van der Waals surface area contributed by atoms with E-state index in [1.807, 2.05) is 19.9 Å². The number of aryl methyl sites for hydroxylation is 2. The smallest absolute Gasteiger partial charge is 0.308 e. The van der Waals surface area contributed by atoms with Crippen molar-refractivity contribution in [1.29, 1.82) is 0 Å². The number of amides is 1. The number of non-ortho nitro benzene ring substituents is 1. The molecule has 1 aliphatic rings. The summed E-state index contributed by atoms with van der Waals surface area (Å²) in [5.41, 5.74) is 2.69. The first-order valence-electron chi connectivity index (χ1n) is 11.0. The topological polar surface area (TPSA) is 127 Å². The molecule has 1 heterocycles. The number of nitro benzene ring substituents is 1. The zero-order valence-electron chi connectivity index (χ0n) is 19.7. The summed E-state index contributed by atoms with van der Waals surface area (Å²) in [5, 5.41) is 22.2. The quantitative estimate of drug-likeness (QED) is 0.105. The summed E-state index contributed by atoms with van der Waals surface area (Å²) in [6.45, 7) is 5.08. The molecule has 0 aromatic heterocycles. The van der Waals surface area contributed by atoms with Crippen molar-refractivity contribution < 1.29 is 29.2 Å². The van der Waals surface area contributed by atoms with Crippen LogP contribution in [0.3, 0.4) is 0 Å². The first-order valence-corrected chi connectivity index (χ1v) is 11.0. The van der Waals surface area contributed by atoms with Gasteiger partial charge in [-0.3, -0.25) is 29.4 Å². The minimum absolute atomic E-state index is 0.153. The molecule has 0 bridgehead atoms. The number of rotatable bonds is 5. The molecule has 3 aromatic carbocycles. The molecule has 9 heteroatoms. The van der Waals surface area contributed by atoms with Gasteiger partial charge in [0.25, 0.3) is 17.4 Å². The number of aliphatic hydroxyl groups is 1. The first-order chi connectivity index (χ1) is 17.1. The maximum absolute atomic E-state index is 13.3. The maximum atomic E-state index is 13.3. The second-order valence-electron chi connectivity index (χ2n) is 8.40. The van der Waals surface area contributed by atoms with Gasteiger partial charge in [0, 0.05) is 30.3 Å². The number of nitro groups is 1. The molecule has 9 nitrogen and oxygen atoms in total. The Hall–Kier alpha value is -4.79. The SMILES string of the molecule is CC(=O)Oc1ccc(C2/C(=C(\O)c3ccc([N+](=O)[O-])cc3)C(=O)C(=O)N2c2ccc(C)c(C)c2)cc1. The number of esters is 1. The first kappa shape index (κ1) is 24.3. The van der Waals surface area contributed by atoms with Crippen LogP contribution in [0.5, 0.6) is 5.75 Å². The van der Waals surface area contributed by atoms with Crippen LogP contribution in [0.1, 0.15) is 35.2 Å². The van der Waals surface area contributed by atoms with E-state index in [0.717, 1.165) is 11.1 Å². The van der Waals surface area contributed by atoms with Crippen LogP contribution in [0, 0.1) is 24.0 Å². The van der Waals surface area contributed by atoms with E-state index in [9.17, 15) is 29.6 Å². The summed E-state index contributed by atoms with van der Waals surface area (Å²) < 4.78 is 5.09. The van der Waals surface area contributed by atoms with Gasteiger partial charge in [0.2, 0.25) is 0 Å². The third kappa shape index (κ3) is 4.46. The zero-order chi connectivity index (χ0) is 26.1. The lowest BCUT2D eigenvalue weighted by Gasteiger charge is -2.26. The van der Waals surface area contributed by atoms with E-state index < -0.39 is 34.4 Å². The fraction of sp³-hybridized carbons (Fsp3) is 0.148. The van der Waals surface area contributed by atoms with E-state index in [-0.39, 0.29) is 22.6 Å². The molecule has 1 aliphatic heterocycles. The number of nitrogens with zero attached hydrogens (tertiary/aromatic N) is 2. The van der Waals surface area contributed by atoms with Crippen molar-refractivity contribution in [3.05, 3.63) is 105 Å². The third-order valence-corrected chi connectivity index (χ3v) is 6.02. The number of ketones is 1. The summed E-state index contributed by atoms with van der Waals surface area (Å²) in [7, 11) is 0. The predicted octanol–water partition coefficient (Wildman–Crippen LogP) is 4.76. The van der Waals surface area contributed by atoms with Gasteiger partial charge in [0.1, 0.15) is 11.5 Å². The molecule has 4 rings (SSSR count). The summed E-state index contributed by atoms with van der Waals surface area (Å²) >= 11 is 0. The van der Waals surface area contributed by atoms with Crippen LogP contribution < -0.4 is 9.64 Å². The Kier molecular flexibility index (Phi) is 6.39. The van der Waals surface area contributed by atoms with E-state index in [0.29, 0.717) is 11.3 Å². The highest BCUT2D eigenvalue weighted by Crippen LogP contribution is 2.43. The number of ether oxygens (including phenoxy) is 1. The summed E-state index contributed by atoms with van der Waals surface area (Å²) in [4.78, 5) is 49.5. The van der Waals surface area contributed by atoms with Gasteiger partial charge in [-0.15, -0.1) is 0 Å². The molecule has 0 radical (unpaired) electrons. The van der Waals surface area contributed by atoms with E-state index in [4.69, 9.17) is 4.74 Å². The van der Waals surface area contributed by atoms with Crippen LogP contribution >= 0.6 is 0 Å². The van der Waals surface area contributed by atoms with Crippen molar-refractivity contribution in [2.45, 2.75) is 26.8 Å². The Balaban J connectivity index is 1.89. The molecule has 1 saturated heterocycles. The Morgan fingerprint density at radius 3 is 2.17 bits per heavy atom. The van der Waals surface area contributed by atoms with Crippen molar-refractivity contribution in [2.24, 2.45) is 0 Å². The molecule has 0 spiro atoms. The number of hydrogen-bond donors (Lipinski definition) is 1. The third-order valence-electron chi connectivity index (χ3n) is 6.02. The van der Waals surface area contributed by atoms with E-state index in [1.54, 1.807) is 24.3 Å². The van der Waals surface area contributed by atoms with Crippen molar-refractivity contribution in [1.82, 2.24) is 0 Å².